The van der Waals surface area contributed by atoms with Crippen LogP contribution in [-0.2, 0) is 23.8 Å². The van der Waals surface area contributed by atoms with Crippen LogP contribution in [0.3, 0.4) is 0 Å². The number of ether oxygens (including phenoxy) is 3. The van der Waals surface area contributed by atoms with Crippen LogP contribution < -0.4 is 0 Å². The van der Waals surface area contributed by atoms with Crippen LogP contribution in [0.15, 0.2) is 0 Å². The molecule has 13 heavy (non-hydrogen) atoms. The molecule has 6 heteroatoms. The summed E-state index contributed by atoms with van der Waals surface area (Å²) in [4.78, 5) is 21.5. The second kappa shape index (κ2) is 4.48. The van der Waals surface area contributed by atoms with E-state index in [0.29, 0.717) is 5.75 Å². The molecule has 0 unspecified atom stereocenters. The van der Waals surface area contributed by atoms with Crippen LogP contribution in [0.2, 0.25) is 0 Å². The van der Waals surface area contributed by atoms with Gasteiger partial charge in [0.05, 0.1) is 12.9 Å². The molecule has 74 valence electrons. The van der Waals surface area contributed by atoms with E-state index < -0.39 is 23.7 Å². The smallest absolute Gasteiger partial charge is 0.345 e. The van der Waals surface area contributed by atoms with Crippen molar-refractivity contribution in [3.63, 3.8) is 0 Å². The van der Waals surface area contributed by atoms with Crippen LogP contribution in [0.1, 0.15) is 6.92 Å². The van der Waals surface area contributed by atoms with E-state index in [1.165, 1.54) is 25.8 Å². The van der Waals surface area contributed by atoms with Gasteiger partial charge in [0.2, 0.25) is 11.7 Å². The molecule has 1 heterocycles. The molecule has 1 rings (SSSR count). The highest BCUT2D eigenvalue weighted by Gasteiger charge is 2.33. The molecule has 1 saturated heterocycles. The molecule has 5 nitrogen and oxygen atoms in total. The van der Waals surface area contributed by atoms with Crippen molar-refractivity contribution >= 4 is 23.7 Å². The van der Waals surface area contributed by atoms with Gasteiger partial charge in [-0.25, -0.2) is 4.79 Å². The summed E-state index contributed by atoms with van der Waals surface area (Å²) in [6.07, 6.45) is -0.633. The summed E-state index contributed by atoms with van der Waals surface area (Å²) in [5.41, 5.74) is -0.672. The summed E-state index contributed by atoms with van der Waals surface area (Å²) < 4.78 is 14.3. The zero-order chi connectivity index (χ0) is 9.84. The molecular formula is C7H10O5S. The summed E-state index contributed by atoms with van der Waals surface area (Å²) in [5.74, 6) is -0.421. The Morgan fingerprint density at radius 2 is 2.23 bits per heavy atom. The fraction of sp³-hybridized carbons (Fsp3) is 0.714. The van der Waals surface area contributed by atoms with Gasteiger partial charge in [0, 0.05) is 6.92 Å². The first kappa shape index (κ1) is 10.3. The van der Waals surface area contributed by atoms with Crippen molar-refractivity contribution in [2.45, 2.75) is 18.6 Å². The predicted octanol–water partition coefficient (Wildman–Crippen LogP) is 0.138. The number of esters is 2. The Labute approximate surface area is 79.7 Å². The lowest BCUT2D eigenvalue weighted by Gasteiger charge is -2.10. The average Bonchev–Trinajstić information content (AvgIpc) is 2.50. The molecule has 0 amide bonds. The van der Waals surface area contributed by atoms with Crippen LogP contribution in [0.5, 0.6) is 0 Å². The SMILES string of the molecule is COC(=O)[C@@H]1O[C@@H](OC(C)=O)CS1. The van der Waals surface area contributed by atoms with Gasteiger partial charge in [-0.2, -0.15) is 0 Å². The van der Waals surface area contributed by atoms with Crippen LogP contribution in [0, 0.1) is 0 Å². The molecule has 0 radical (unpaired) electrons. The van der Waals surface area contributed by atoms with Crippen molar-refractivity contribution in [2.24, 2.45) is 0 Å². The van der Waals surface area contributed by atoms with Crippen molar-refractivity contribution in [1.29, 1.82) is 0 Å². The van der Waals surface area contributed by atoms with Gasteiger partial charge in [-0.05, 0) is 0 Å². The molecule has 0 aromatic carbocycles. The molecule has 1 aliphatic rings. The number of thioether (sulfide) groups is 1. The third kappa shape index (κ3) is 2.89. The molecule has 0 aromatic rings. The summed E-state index contributed by atoms with van der Waals surface area (Å²) >= 11 is 1.25. The van der Waals surface area contributed by atoms with Gasteiger partial charge in [-0.15, -0.1) is 11.8 Å². The maximum Gasteiger partial charge on any atom is 0.345 e. The Morgan fingerprint density at radius 3 is 2.77 bits per heavy atom. The molecule has 0 spiro atoms. The normalized spacial score (nSPS) is 26.9. The maximum atomic E-state index is 10.9. The monoisotopic (exact) mass is 206 g/mol. The first-order chi connectivity index (χ1) is 6.13. The van der Waals surface area contributed by atoms with E-state index in [1.54, 1.807) is 0 Å². The Hall–Kier alpha value is -0.750. The molecule has 0 bridgehead atoms. The fourth-order valence-electron chi connectivity index (χ4n) is 0.849. The van der Waals surface area contributed by atoms with Crippen LogP contribution in [-0.4, -0.2) is 36.5 Å². The van der Waals surface area contributed by atoms with Crippen LogP contribution in [0.25, 0.3) is 0 Å². The summed E-state index contributed by atoms with van der Waals surface area (Å²) in [7, 11) is 1.28. The van der Waals surface area contributed by atoms with Crippen molar-refractivity contribution < 1.29 is 23.8 Å². The number of carbonyl (C=O) groups excluding carboxylic acids is 2. The van der Waals surface area contributed by atoms with Gasteiger partial charge >= 0.3 is 11.9 Å². The Kier molecular flexibility index (Phi) is 3.56. The van der Waals surface area contributed by atoms with Gasteiger partial charge in [0.15, 0.2) is 0 Å². The van der Waals surface area contributed by atoms with Crippen LogP contribution >= 0.6 is 11.8 Å². The third-order valence-corrected chi connectivity index (χ3v) is 2.42. The first-order valence-corrected chi connectivity index (χ1v) is 4.70. The van der Waals surface area contributed by atoms with E-state index >= 15 is 0 Å². The summed E-state index contributed by atoms with van der Waals surface area (Å²) in [6.45, 7) is 1.29. The van der Waals surface area contributed by atoms with Gasteiger partial charge < -0.3 is 14.2 Å². The average molecular weight is 206 g/mol. The van der Waals surface area contributed by atoms with E-state index in [0.717, 1.165) is 0 Å². The highest BCUT2D eigenvalue weighted by atomic mass is 32.2. The maximum absolute atomic E-state index is 10.9. The minimum absolute atomic E-state index is 0.420. The number of hydrogen-bond acceptors (Lipinski definition) is 6. The predicted molar refractivity (Wildman–Crippen MR) is 44.9 cm³/mol. The van der Waals surface area contributed by atoms with Crippen molar-refractivity contribution in [3.05, 3.63) is 0 Å². The molecule has 0 aliphatic carbocycles. The van der Waals surface area contributed by atoms with Gasteiger partial charge in [-0.3, -0.25) is 4.79 Å². The third-order valence-electron chi connectivity index (χ3n) is 1.35. The minimum Gasteiger partial charge on any atom is -0.466 e. The molecule has 0 saturated carbocycles. The molecular weight excluding hydrogens is 196 g/mol. The van der Waals surface area contributed by atoms with Gasteiger partial charge in [0.1, 0.15) is 0 Å². The fourth-order valence-corrected chi connectivity index (χ4v) is 1.76. The molecule has 2 atom stereocenters. The molecule has 1 aliphatic heterocycles. The second-order valence-electron chi connectivity index (χ2n) is 2.36. The number of hydrogen-bond donors (Lipinski definition) is 0. The standard InChI is InChI=1S/C7H10O5S/c1-4(8)11-5-3-13-7(12-5)6(9)10-2/h5,7H,3H2,1-2H3/t5-,7-/m1/s1. The lowest BCUT2D eigenvalue weighted by Crippen LogP contribution is -2.23. The molecule has 0 N–H and O–H groups in total. The van der Waals surface area contributed by atoms with Crippen molar-refractivity contribution in [2.75, 3.05) is 12.9 Å². The van der Waals surface area contributed by atoms with Gasteiger partial charge in [-0.1, -0.05) is 0 Å². The van der Waals surface area contributed by atoms with E-state index in [2.05, 4.69) is 4.74 Å². The Morgan fingerprint density at radius 1 is 1.54 bits per heavy atom. The van der Waals surface area contributed by atoms with Crippen molar-refractivity contribution in [1.82, 2.24) is 0 Å². The molecule has 1 fully saturated rings. The minimum atomic E-state index is -0.672. The largest absolute Gasteiger partial charge is 0.466 e. The van der Waals surface area contributed by atoms with Crippen LogP contribution in [0.4, 0.5) is 0 Å². The Bertz CT molecular complexity index is 217. The van der Waals surface area contributed by atoms with E-state index in [4.69, 9.17) is 9.47 Å². The number of rotatable bonds is 2. The quantitative estimate of drug-likeness (QED) is 0.599. The first-order valence-electron chi connectivity index (χ1n) is 3.65. The molecule has 0 aromatic heterocycles. The topological polar surface area (TPSA) is 61.8 Å². The van der Waals surface area contributed by atoms with E-state index in [9.17, 15) is 9.59 Å². The van der Waals surface area contributed by atoms with E-state index in [-0.39, 0.29) is 0 Å². The second-order valence-corrected chi connectivity index (χ2v) is 3.46. The van der Waals surface area contributed by atoms with Crippen molar-refractivity contribution in [3.8, 4) is 0 Å². The number of carbonyl (C=O) groups is 2. The van der Waals surface area contributed by atoms with E-state index in [1.807, 2.05) is 0 Å². The zero-order valence-electron chi connectivity index (χ0n) is 7.31. The lowest BCUT2D eigenvalue weighted by molar-refractivity contribution is -0.178. The lowest BCUT2D eigenvalue weighted by atomic mass is 10.6. The summed E-state index contributed by atoms with van der Waals surface area (Å²) in [6, 6.07) is 0. The summed E-state index contributed by atoms with van der Waals surface area (Å²) in [5, 5.41) is 0. The zero-order valence-corrected chi connectivity index (χ0v) is 8.13. The Balaban J connectivity index is 2.36. The van der Waals surface area contributed by atoms with Gasteiger partial charge in [0.25, 0.3) is 0 Å². The highest BCUT2D eigenvalue weighted by Crippen LogP contribution is 2.26. The number of methoxy groups -OCH3 is 1. The highest BCUT2D eigenvalue weighted by molar-refractivity contribution is 8.00.